The molecule has 2 fully saturated rings. The summed E-state index contributed by atoms with van der Waals surface area (Å²) < 4.78 is 0. The lowest BCUT2D eigenvalue weighted by molar-refractivity contribution is -0.121. The minimum Gasteiger partial charge on any atom is -0.368 e. The highest BCUT2D eigenvalue weighted by Gasteiger charge is 2.36. The van der Waals surface area contributed by atoms with Crippen LogP contribution in [0.1, 0.15) is 37.2 Å². The monoisotopic (exact) mass is 244 g/mol. The van der Waals surface area contributed by atoms with Crippen LogP contribution in [0.5, 0.6) is 0 Å². The van der Waals surface area contributed by atoms with Crippen molar-refractivity contribution in [2.45, 2.75) is 37.6 Å². The van der Waals surface area contributed by atoms with Crippen molar-refractivity contribution in [2.75, 3.05) is 4.90 Å². The Bertz CT molecular complexity index is 508. The van der Waals surface area contributed by atoms with Crippen LogP contribution in [-0.4, -0.2) is 17.9 Å². The van der Waals surface area contributed by atoms with E-state index in [0.29, 0.717) is 18.8 Å². The second-order valence-electron chi connectivity index (χ2n) is 5.09. The lowest BCUT2D eigenvalue weighted by atomic mass is 10.1. The van der Waals surface area contributed by atoms with Crippen molar-refractivity contribution in [2.24, 2.45) is 5.73 Å². The van der Waals surface area contributed by atoms with Crippen LogP contribution in [0.4, 0.5) is 5.69 Å². The van der Waals surface area contributed by atoms with Gasteiger partial charge in [-0.25, -0.2) is 0 Å². The molecule has 18 heavy (non-hydrogen) atoms. The Hall–Kier alpha value is -1.84. The Morgan fingerprint density at radius 3 is 2.72 bits per heavy atom. The average molecular weight is 244 g/mol. The largest absolute Gasteiger partial charge is 0.368 e. The molecule has 1 aromatic carbocycles. The number of hydrogen-bond acceptors (Lipinski definition) is 2. The Kier molecular flexibility index (Phi) is 2.58. The smallest absolute Gasteiger partial charge is 0.240 e. The van der Waals surface area contributed by atoms with Crippen molar-refractivity contribution in [1.82, 2.24) is 0 Å². The van der Waals surface area contributed by atoms with Gasteiger partial charge in [0.1, 0.15) is 6.04 Å². The number of benzene rings is 1. The van der Waals surface area contributed by atoms with Crippen LogP contribution in [0.15, 0.2) is 24.3 Å². The first-order valence-corrected chi connectivity index (χ1v) is 6.38. The maximum atomic E-state index is 11.9. The fourth-order valence-electron chi connectivity index (χ4n) is 2.62. The first kappa shape index (κ1) is 11.3. The van der Waals surface area contributed by atoms with Gasteiger partial charge in [0, 0.05) is 12.1 Å². The summed E-state index contributed by atoms with van der Waals surface area (Å²) in [6.45, 7) is 0. The van der Waals surface area contributed by atoms with Crippen LogP contribution < -0.4 is 10.6 Å². The van der Waals surface area contributed by atoms with Gasteiger partial charge in [0.15, 0.2) is 0 Å². The molecule has 0 spiro atoms. The van der Waals surface area contributed by atoms with Crippen molar-refractivity contribution in [3.63, 3.8) is 0 Å². The van der Waals surface area contributed by atoms with Crippen LogP contribution >= 0.6 is 0 Å². The molecule has 94 valence electrons. The summed E-state index contributed by atoms with van der Waals surface area (Å²) in [6, 6.07) is 7.46. The molecule has 4 heteroatoms. The molecule has 1 unspecified atom stereocenters. The van der Waals surface area contributed by atoms with Gasteiger partial charge in [-0.1, -0.05) is 12.1 Å². The maximum Gasteiger partial charge on any atom is 0.240 e. The second-order valence-corrected chi connectivity index (χ2v) is 5.09. The molecule has 2 aliphatic rings. The first-order valence-electron chi connectivity index (χ1n) is 6.38. The molecule has 0 bridgehead atoms. The summed E-state index contributed by atoms with van der Waals surface area (Å²) in [5.74, 6) is 0.208. The van der Waals surface area contributed by atoms with Crippen LogP contribution in [-0.2, 0) is 9.59 Å². The van der Waals surface area contributed by atoms with Crippen molar-refractivity contribution in [3.05, 3.63) is 29.8 Å². The molecule has 2 N–H and O–H groups in total. The van der Waals surface area contributed by atoms with Crippen molar-refractivity contribution in [1.29, 1.82) is 0 Å². The first-order chi connectivity index (χ1) is 8.66. The minimum atomic E-state index is -0.480. The van der Waals surface area contributed by atoms with Gasteiger partial charge in [-0.15, -0.1) is 0 Å². The molecule has 1 heterocycles. The highest BCUT2D eigenvalue weighted by Crippen LogP contribution is 2.41. The maximum absolute atomic E-state index is 11.9. The van der Waals surface area contributed by atoms with Crippen molar-refractivity contribution < 1.29 is 9.59 Å². The van der Waals surface area contributed by atoms with Crippen LogP contribution in [0.3, 0.4) is 0 Å². The number of rotatable bonds is 3. The van der Waals surface area contributed by atoms with E-state index >= 15 is 0 Å². The summed E-state index contributed by atoms with van der Waals surface area (Å²) >= 11 is 0. The van der Waals surface area contributed by atoms with Gasteiger partial charge in [-0.05, 0) is 42.9 Å². The third kappa shape index (κ3) is 1.88. The summed E-state index contributed by atoms with van der Waals surface area (Å²) in [6.07, 6.45) is 3.37. The quantitative estimate of drug-likeness (QED) is 0.876. The van der Waals surface area contributed by atoms with E-state index in [1.807, 2.05) is 18.2 Å². The Morgan fingerprint density at radius 1 is 1.28 bits per heavy atom. The highest BCUT2D eigenvalue weighted by atomic mass is 16.2. The molecule has 1 aromatic rings. The molecule has 0 radical (unpaired) electrons. The van der Waals surface area contributed by atoms with Gasteiger partial charge in [0.25, 0.3) is 0 Å². The number of anilines is 1. The van der Waals surface area contributed by atoms with Crippen molar-refractivity contribution in [3.8, 4) is 0 Å². The molecule has 1 atom stereocenters. The fraction of sp³-hybridized carbons (Fsp3) is 0.429. The SMILES string of the molecule is NC(=O)C1CCC(=O)N1c1cccc(C2CC2)c1. The number of nitrogens with two attached hydrogens (primary N) is 1. The number of primary amides is 1. The summed E-state index contributed by atoms with van der Waals surface area (Å²) in [5, 5.41) is 0. The summed E-state index contributed by atoms with van der Waals surface area (Å²) in [7, 11) is 0. The Labute approximate surface area is 106 Å². The Balaban J connectivity index is 1.94. The van der Waals surface area contributed by atoms with E-state index in [1.54, 1.807) is 4.90 Å². The number of amides is 2. The number of nitrogens with zero attached hydrogens (tertiary/aromatic N) is 1. The molecule has 2 amide bonds. The van der Waals surface area contributed by atoms with Gasteiger partial charge in [-0.2, -0.15) is 0 Å². The van der Waals surface area contributed by atoms with Gasteiger partial charge in [-0.3, -0.25) is 14.5 Å². The summed E-state index contributed by atoms with van der Waals surface area (Å²) in [4.78, 5) is 24.9. The number of hydrogen-bond donors (Lipinski definition) is 1. The lowest BCUT2D eigenvalue weighted by Crippen LogP contribution is -2.42. The molecule has 4 nitrogen and oxygen atoms in total. The van der Waals surface area contributed by atoms with E-state index in [2.05, 4.69) is 6.07 Å². The normalized spacial score (nSPS) is 23.4. The fourth-order valence-corrected chi connectivity index (χ4v) is 2.62. The Morgan fingerprint density at radius 2 is 2.06 bits per heavy atom. The molecular formula is C14H16N2O2. The zero-order valence-corrected chi connectivity index (χ0v) is 10.1. The van der Waals surface area contributed by atoms with Crippen molar-refractivity contribution >= 4 is 17.5 Å². The molecule has 1 saturated carbocycles. The molecule has 3 rings (SSSR count). The standard InChI is InChI=1S/C14H16N2O2/c15-14(18)12-6-7-13(17)16(12)11-3-1-2-10(8-11)9-4-5-9/h1-3,8-9,12H,4-7H2,(H2,15,18). The van der Waals surface area contributed by atoms with Gasteiger partial charge < -0.3 is 5.73 Å². The third-order valence-electron chi connectivity index (χ3n) is 3.74. The second kappa shape index (κ2) is 4.12. The average Bonchev–Trinajstić information content (AvgIpc) is 3.12. The molecule has 1 saturated heterocycles. The summed E-state index contributed by atoms with van der Waals surface area (Å²) in [5.41, 5.74) is 7.44. The molecule has 1 aliphatic carbocycles. The zero-order chi connectivity index (χ0) is 12.7. The van der Waals surface area contributed by atoms with Crippen LogP contribution in [0.25, 0.3) is 0 Å². The topological polar surface area (TPSA) is 63.4 Å². The molecular weight excluding hydrogens is 228 g/mol. The number of carbonyl (C=O) groups is 2. The zero-order valence-electron chi connectivity index (χ0n) is 10.1. The van der Waals surface area contributed by atoms with Gasteiger partial charge >= 0.3 is 0 Å². The minimum absolute atomic E-state index is 0.00764. The third-order valence-corrected chi connectivity index (χ3v) is 3.74. The van der Waals surface area contributed by atoms with Gasteiger partial charge in [0.05, 0.1) is 0 Å². The van der Waals surface area contributed by atoms with E-state index < -0.39 is 11.9 Å². The highest BCUT2D eigenvalue weighted by molar-refractivity contribution is 6.03. The van der Waals surface area contributed by atoms with E-state index in [4.69, 9.17) is 5.73 Å². The lowest BCUT2D eigenvalue weighted by Gasteiger charge is -2.23. The molecule has 1 aliphatic heterocycles. The van der Waals surface area contributed by atoms with Crippen LogP contribution in [0.2, 0.25) is 0 Å². The van der Waals surface area contributed by atoms with E-state index in [0.717, 1.165) is 5.69 Å². The predicted molar refractivity (Wildman–Crippen MR) is 68.1 cm³/mol. The predicted octanol–water partition coefficient (Wildman–Crippen LogP) is 1.54. The van der Waals surface area contributed by atoms with Gasteiger partial charge in [0.2, 0.25) is 11.8 Å². The number of carbonyl (C=O) groups excluding carboxylic acids is 2. The van der Waals surface area contributed by atoms with Crippen LogP contribution in [0, 0.1) is 0 Å². The van der Waals surface area contributed by atoms with E-state index in [-0.39, 0.29) is 5.91 Å². The molecule has 0 aromatic heterocycles. The van der Waals surface area contributed by atoms with E-state index in [9.17, 15) is 9.59 Å². The van der Waals surface area contributed by atoms with E-state index in [1.165, 1.54) is 18.4 Å².